The van der Waals surface area contributed by atoms with E-state index in [4.69, 9.17) is 0 Å². The zero-order valence-electron chi connectivity index (χ0n) is 14.1. The number of amides is 1. The van der Waals surface area contributed by atoms with E-state index in [9.17, 15) is 24.6 Å². The molecule has 3 aliphatic rings. The summed E-state index contributed by atoms with van der Waals surface area (Å²) in [5, 5.41) is 21.8. The molecule has 2 atom stereocenters. The van der Waals surface area contributed by atoms with E-state index in [2.05, 4.69) is 5.32 Å². The normalized spacial score (nSPS) is 23.9. The predicted octanol–water partition coefficient (Wildman–Crippen LogP) is 1.07. The third-order valence-corrected chi connectivity index (χ3v) is 5.53. The van der Waals surface area contributed by atoms with Crippen LogP contribution >= 0.6 is 0 Å². The molecule has 2 aliphatic heterocycles. The highest BCUT2D eigenvalue weighted by Gasteiger charge is 2.43. The Balaban J connectivity index is 1.85. The van der Waals surface area contributed by atoms with Gasteiger partial charge in [0.1, 0.15) is 11.6 Å². The van der Waals surface area contributed by atoms with Gasteiger partial charge >= 0.3 is 5.97 Å². The minimum Gasteiger partial charge on any atom is -0.477 e. The van der Waals surface area contributed by atoms with Crippen LogP contribution in [0.5, 0.6) is 0 Å². The van der Waals surface area contributed by atoms with Gasteiger partial charge in [0, 0.05) is 25.2 Å². The van der Waals surface area contributed by atoms with E-state index in [1.165, 1.54) is 21.7 Å². The number of aliphatic hydroxyl groups is 1. The lowest BCUT2D eigenvalue weighted by atomic mass is 10.0. The number of hydrogen-bond acceptors (Lipinski definition) is 5. The average molecular weight is 373 g/mol. The molecule has 1 saturated heterocycles. The van der Waals surface area contributed by atoms with E-state index >= 15 is 4.39 Å². The molecule has 1 saturated carbocycles. The number of aliphatic hydroxyl groups excluding tert-OH is 1. The van der Waals surface area contributed by atoms with E-state index in [1.807, 2.05) is 0 Å². The highest BCUT2D eigenvalue weighted by Crippen LogP contribution is 2.44. The fraction of sp³-hybridized carbons (Fsp3) is 0.389. The second-order valence-corrected chi connectivity index (χ2v) is 7.35. The number of aromatic nitrogens is 1. The summed E-state index contributed by atoms with van der Waals surface area (Å²) in [6.45, 7) is 0.119. The molecule has 0 radical (unpaired) electrons. The number of carboxylic acids is 1. The second kappa shape index (κ2) is 5.29. The Hall–Kier alpha value is -2.94. The number of rotatable bonds is 2. The Morgan fingerprint density at radius 2 is 2.04 bits per heavy atom. The van der Waals surface area contributed by atoms with Crippen molar-refractivity contribution < 1.29 is 24.2 Å². The molecule has 2 aromatic rings. The Labute approximate surface area is 151 Å². The fourth-order valence-corrected chi connectivity index (χ4v) is 4.16. The molecule has 5 rings (SSSR count). The largest absolute Gasteiger partial charge is 0.477 e. The quantitative estimate of drug-likeness (QED) is 0.726. The first-order valence-corrected chi connectivity index (χ1v) is 8.77. The molecule has 3 heterocycles. The first-order chi connectivity index (χ1) is 12.9. The summed E-state index contributed by atoms with van der Waals surface area (Å²) in [4.78, 5) is 37.9. The molecular formula is C18H16FN3O5. The van der Waals surface area contributed by atoms with Crippen molar-refractivity contribution >= 4 is 34.2 Å². The van der Waals surface area contributed by atoms with E-state index in [-0.39, 0.29) is 47.2 Å². The lowest BCUT2D eigenvalue weighted by Crippen LogP contribution is -2.44. The van der Waals surface area contributed by atoms with Gasteiger partial charge in [0.2, 0.25) is 11.3 Å². The molecular weight excluding hydrogens is 357 g/mol. The van der Waals surface area contributed by atoms with Gasteiger partial charge in [-0.05, 0) is 18.9 Å². The summed E-state index contributed by atoms with van der Waals surface area (Å²) >= 11 is 0. The molecule has 0 spiro atoms. The molecule has 1 aliphatic carbocycles. The molecule has 1 amide bonds. The van der Waals surface area contributed by atoms with Gasteiger partial charge in [-0.15, -0.1) is 0 Å². The van der Waals surface area contributed by atoms with Gasteiger partial charge in [-0.25, -0.2) is 9.18 Å². The Bertz CT molecular complexity index is 1090. The number of hydrogen-bond donors (Lipinski definition) is 3. The lowest BCUT2D eigenvalue weighted by molar-refractivity contribution is -0.117. The van der Waals surface area contributed by atoms with E-state index < -0.39 is 34.9 Å². The number of fused-ring (bicyclic) bond motifs is 4. The van der Waals surface area contributed by atoms with Crippen LogP contribution in [0, 0.1) is 5.82 Å². The number of halogens is 1. The molecule has 140 valence electrons. The number of benzene rings is 1. The molecule has 8 nitrogen and oxygen atoms in total. The van der Waals surface area contributed by atoms with Crippen LogP contribution in [0.2, 0.25) is 0 Å². The second-order valence-electron chi connectivity index (χ2n) is 7.35. The molecule has 0 bridgehead atoms. The summed E-state index contributed by atoms with van der Waals surface area (Å²) in [6, 6.07) is 0.621. The van der Waals surface area contributed by atoms with Gasteiger partial charge in [-0.2, -0.15) is 0 Å². The van der Waals surface area contributed by atoms with E-state index in [1.54, 1.807) is 0 Å². The minimum absolute atomic E-state index is 0.0440. The van der Waals surface area contributed by atoms with Crippen molar-refractivity contribution in [3.05, 3.63) is 33.9 Å². The number of pyridine rings is 1. The molecule has 1 aromatic carbocycles. The SMILES string of the molecule is O=C(O)c1cn(C2CC2)c2c(F)c3c(cc2c1=O)NC(=O)C1CC(O)CN31. The summed E-state index contributed by atoms with van der Waals surface area (Å²) in [6.07, 6.45) is 2.21. The van der Waals surface area contributed by atoms with E-state index in [0.717, 1.165) is 12.8 Å². The van der Waals surface area contributed by atoms with Crippen LogP contribution < -0.4 is 15.6 Å². The van der Waals surface area contributed by atoms with Crippen LogP contribution in [0.25, 0.3) is 10.9 Å². The number of nitrogens with one attached hydrogen (secondary N) is 1. The number of anilines is 2. The third-order valence-electron chi connectivity index (χ3n) is 5.53. The Kier molecular flexibility index (Phi) is 3.18. The van der Waals surface area contributed by atoms with Crippen molar-refractivity contribution in [2.45, 2.75) is 37.5 Å². The van der Waals surface area contributed by atoms with Crippen LogP contribution in [0.1, 0.15) is 35.7 Å². The number of aromatic carboxylic acids is 1. The maximum atomic E-state index is 15.6. The van der Waals surface area contributed by atoms with Crippen LogP contribution in [0.4, 0.5) is 15.8 Å². The van der Waals surface area contributed by atoms with Gasteiger partial charge in [0.15, 0.2) is 5.82 Å². The number of carbonyl (C=O) groups excluding carboxylic acids is 1. The lowest BCUT2D eigenvalue weighted by Gasteiger charge is -2.33. The topological polar surface area (TPSA) is 112 Å². The number of nitrogens with zero attached hydrogens (tertiary/aromatic N) is 2. The Morgan fingerprint density at radius 3 is 2.70 bits per heavy atom. The monoisotopic (exact) mass is 373 g/mol. The van der Waals surface area contributed by atoms with Crippen LogP contribution in [-0.4, -0.2) is 45.3 Å². The predicted molar refractivity (Wildman–Crippen MR) is 93.8 cm³/mol. The molecule has 27 heavy (non-hydrogen) atoms. The first kappa shape index (κ1) is 16.2. The van der Waals surface area contributed by atoms with Gasteiger partial charge < -0.3 is 25.0 Å². The summed E-state index contributed by atoms with van der Waals surface area (Å²) < 4.78 is 17.1. The van der Waals surface area contributed by atoms with Gasteiger partial charge in [0.05, 0.1) is 28.4 Å². The summed E-state index contributed by atoms with van der Waals surface area (Å²) in [5.41, 5.74) is -0.903. The minimum atomic E-state index is -1.37. The molecule has 2 fully saturated rings. The number of carbonyl (C=O) groups is 2. The average Bonchev–Trinajstić information content (AvgIpc) is 3.36. The van der Waals surface area contributed by atoms with Gasteiger partial charge in [-0.3, -0.25) is 9.59 Å². The molecule has 1 aromatic heterocycles. The van der Waals surface area contributed by atoms with E-state index in [0.29, 0.717) is 0 Å². The molecule has 2 unspecified atom stereocenters. The zero-order valence-corrected chi connectivity index (χ0v) is 14.1. The fourth-order valence-electron chi connectivity index (χ4n) is 4.16. The number of carboxylic acid groups (broad SMARTS) is 1. The summed E-state index contributed by atoms with van der Waals surface area (Å²) in [5.74, 6) is -2.43. The maximum absolute atomic E-state index is 15.6. The van der Waals surface area contributed by atoms with Crippen molar-refractivity contribution in [2.75, 3.05) is 16.8 Å². The Morgan fingerprint density at radius 1 is 1.30 bits per heavy atom. The molecule has 3 N–H and O–H groups in total. The van der Waals surface area contributed by atoms with Gasteiger partial charge in [-0.1, -0.05) is 0 Å². The van der Waals surface area contributed by atoms with Crippen LogP contribution in [0.3, 0.4) is 0 Å². The highest BCUT2D eigenvalue weighted by atomic mass is 19.1. The van der Waals surface area contributed by atoms with Crippen molar-refractivity contribution in [3.8, 4) is 0 Å². The van der Waals surface area contributed by atoms with Crippen molar-refractivity contribution in [2.24, 2.45) is 0 Å². The van der Waals surface area contributed by atoms with Crippen molar-refractivity contribution in [1.29, 1.82) is 0 Å². The van der Waals surface area contributed by atoms with Gasteiger partial charge in [0.25, 0.3) is 0 Å². The molecule has 9 heteroatoms. The summed E-state index contributed by atoms with van der Waals surface area (Å²) in [7, 11) is 0. The maximum Gasteiger partial charge on any atom is 0.341 e. The smallest absolute Gasteiger partial charge is 0.341 e. The van der Waals surface area contributed by atoms with Crippen molar-refractivity contribution in [3.63, 3.8) is 0 Å². The highest BCUT2D eigenvalue weighted by molar-refractivity contribution is 6.07. The van der Waals surface area contributed by atoms with Crippen LogP contribution in [0.15, 0.2) is 17.1 Å². The van der Waals surface area contributed by atoms with Crippen molar-refractivity contribution in [1.82, 2.24) is 4.57 Å². The zero-order chi connectivity index (χ0) is 19.0. The van der Waals surface area contributed by atoms with Crippen LogP contribution in [-0.2, 0) is 4.79 Å². The third kappa shape index (κ3) is 2.21. The first-order valence-electron chi connectivity index (χ1n) is 8.77. The standard InChI is InChI=1S/C18H16FN3O5/c19-13-14-9(16(24)10(18(26)27)6-21(14)7-1-2-7)4-11-15(13)22-5-8(23)3-12(22)17(25)20-11/h4,6-8,12,23H,1-3,5H2,(H,20,25)(H,26,27).